The summed E-state index contributed by atoms with van der Waals surface area (Å²) in [6.07, 6.45) is 0.713. The molecule has 40 heavy (non-hydrogen) atoms. The lowest BCUT2D eigenvalue weighted by atomic mass is 9.61. The van der Waals surface area contributed by atoms with E-state index < -0.39 is 5.41 Å². The first kappa shape index (κ1) is 26.6. The number of para-hydroxylation sites is 1. The summed E-state index contributed by atoms with van der Waals surface area (Å²) in [6.45, 7) is 4.03. The summed E-state index contributed by atoms with van der Waals surface area (Å²) in [6, 6.07) is 17.1. The van der Waals surface area contributed by atoms with E-state index in [1.54, 1.807) is 11.9 Å². The third-order valence-electron chi connectivity index (χ3n) is 7.67. The standard InChI is InChI=1S/C29H25ClN6O2S2/c1-28(2)12-21-23(22(37)13-28)29(17-9-5-7-11-20(17)35(3)25(29)38)18(14-31)24(32)36(21)26-33-34-27(40-26)39-15-16-8-4-6-10-19(16)30/h4-11H,12-13,15,32H2,1-3H3. The molecule has 1 aromatic heterocycles. The van der Waals surface area contributed by atoms with E-state index in [-0.39, 0.29) is 34.9 Å². The number of rotatable bonds is 4. The lowest BCUT2D eigenvalue weighted by molar-refractivity contribution is -0.124. The zero-order chi connectivity index (χ0) is 28.4. The van der Waals surface area contributed by atoms with Crippen LogP contribution in [0.1, 0.15) is 37.8 Å². The average Bonchev–Trinajstić information content (AvgIpc) is 3.46. The predicted octanol–water partition coefficient (Wildman–Crippen LogP) is 5.56. The third-order valence-corrected chi connectivity index (χ3v) is 10.1. The minimum Gasteiger partial charge on any atom is -0.384 e. The molecule has 3 heterocycles. The molecule has 0 saturated carbocycles. The van der Waals surface area contributed by atoms with Crippen LogP contribution < -0.4 is 15.5 Å². The maximum Gasteiger partial charge on any atom is 0.247 e. The number of thioether (sulfide) groups is 1. The molecule has 1 aliphatic carbocycles. The number of hydrogen-bond donors (Lipinski definition) is 1. The molecular weight excluding hydrogens is 564 g/mol. The molecule has 1 amide bonds. The summed E-state index contributed by atoms with van der Waals surface area (Å²) >= 11 is 9.13. The largest absolute Gasteiger partial charge is 0.384 e. The predicted molar refractivity (Wildman–Crippen MR) is 157 cm³/mol. The summed E-state index contributed by atoms with van der Waals surface area (Å²) < 4.78 is 0.687. The number of likely N-dealkylation sites (N-methyl/N-ethyl adjacent to an activating group) is 1. The van der Waals surface area contributed by atoms with Crippen molar-refractivity contribution in [1.82, 2.24) is 10.2 Å². The summed E-state index contributed by atoms with van der Waals surface area (Å²) in [4.78, 5) is 31.4. The van der Waals surface area contributed by atoms with Crippen molar-refractivity contribution >= 4 is 57.2 Å². The Labute approximate surface area is 245 Å². The Kier molecular flexibility index (Phi) is 6.29. The quantitative estimate of drug-likeness (QED) is 0.394. The van der Waals surface area contributed by atoms with E-state index in [4.69, 9.17) is 17.3 Å². The van der Waals surface area contributed by atoms with E-state index in [0.29, 0.717) is 49.2 Å². The number of anilines is 2. The number of nitrogens with zero attached hydrogens (tertiary/aromatic N) is 5. The Morgan fingerprint density at radius 3 is 2.60 bits per heavy atom. The number of carbonyl (C=O) groups is 2. The van der Waals surface area contributed by atoms with E-state index in [1.807, 2.05) is 62.4 Å². The molecule has 8 nitrogen and oxygen atoms in total. The lowest BCUT2D eigenvalue weighted by Crippen LogP contribution is -2.53. The van der Waals surface area contributed by atoms with Gasteiger partial charge in [0, 0.05) is 46.8 Å². The van der Waals surface area contributed by atoms with Gasteiger partial charge in [0.2, 0.25) is 11.0 Å². The molecule has 2 aliphatic heterocycles. The van der Waals surface area contributed by atoms with Crippen LogP contribution in [0.25, 0.3) is 0 Å². The molecule has 202 valence electrons. The Bertz CT molecular complexity index is 1700. The number of allylic oxidation sites excluding steroid dienone is 1. The van der Waals surface area contributed by atoms with Gasteiger partial charge in [-0.25, -0.2) is 0 Å². The highest BCUT2D eigenvalue weighted by atomic mass is 35.5. The number of carbonyl (C=O) groups excluding carboxylic acids is 2. The van der Waals surface area contributed by atoms with Crippen LogP contribution in [0.4, 0.5) is 10.8 Å². The number of benzene rings is 2. The lowest BCUT2D eigenvalue weighted by Gasteiger charge is -2.45. The second kappa shape index (κ2) is 9.47. The van der Waals surface area contributed by atoms with Gasteiger partial charge in [-0.15, -0.1) is 10.2 Å². The van der Waals surface area contributed by atoms with Crippen LogP contribution in [0.5, 0.6) is 0 Å². The van der Waals surface area contributed by atoms with Gasteiger partial charge in [-0.2, -0.15) is 5.26 Å². The Balaban J connectivity index is 1.52. The van der Waals surface area contributed by atoms with E-state index in [2.05, 4.69) is 16.3 Å². The number of hydrogen-bond acceptors (Lipinski definition) is 9. The van der Waals surface area contributed by atoms with Crippen molar-refractivity contribution in [2.24, 2.45) is 11.1 Å². The van der Waals surface area contributed by atoms with Gasteiger partial charge in [0.25, 0.3) is 0 Å². The van der Waals surface area contributed by atoms with Gasteiger partial charge < -0.3 is 10.6 Å². The third kappa shape index (κ3) is 3.79. The molecule has 2 aromatic carbocycles. The summed E-state index contributed by atoms with van der Waals surface area (Å²) in [5.74, 6) is 0.155. The maximum absolute atomic E-state index is 14.2. The van der Waals surface area contributed by atoms with Crippen molar-refractivity contribution in [3.63, 3.8) is 0 Å². The van der Waals surface area contributed by atoms with Crippen LogP contribution in [0.3, 0.4) is 0 Å². The van der Waals surface area contributed by atoms with Gasteiger partial charge in [0.1, 0.15) is 17.3 Å². The van der Waals surface area contributed by atoms with Crippen molar-refractivity contribution in [3.05, 3.63) is 87.3 Å². The number of aromatic nitrogens is 2. The zero-order valence-electron chi connectivity index (χ0n) is 22.1. The second-order valence-electron chi connectivity index (χ2n) is 10.8. The highest BCUT2D eigenvalue weighted by Crippen LogP contribution is 2.58. The molecule has 3 aliphatic rings. The van der Waals surface area contributed by atoms with Crippen LogP contribution >= 0.6 is 34.7 Å². The van der Waals surface area contributed by atoms with Crippen molar-refractivity contribution in [2.45, 2.75) is 42.2 Å². The van der Waals surface area contributed by atoms with Gasteiger partial charge in [0.05, 0.1) is 5.57 Å². The fourth-order valence-corrected chi connectivity index (χ4v) is 8.15. The fourth-order valence-electron chi connectivity index (χ4n) is 5.99. The van der Waals surface area contributed by atoms with Crippen molar-refractivity contribution in [3.8, 4) is 6.07 Å². The van der Waals surface area contributed by atoms with Crippen LogP contribution in [-0.2, 0) is 20.8 Å². The normalized spacial score (nSPS) is 21.7. The minimum atomic E-state index is -1.60. The molecule has 6 rings (SSSR count). The summed E-state index contributed by atoms with van der Waals surface area (Å²) in [5, 5.41) is 20.4. The first-order valence-electron chi connectivity index (χ1n) is 12.6. The number of nitriles is 1. The smallest absolute Gasteiger partial charge is 0.247 e. The van der Waals surface area contributed by atoms with Gasteiger partial charge in [-0.3, -0.25) is 14.5 Å². The number of halogens is 1. The summed E-state index contributed by atoms with van der Waals surface area (Å²) in [7, 11) is 1.66. The van der Waals surface area contributed by atoms with Crippen molar-refractivity contribution in [1.29, 1.82) is 5.26 Å². The Morgan fingerprint density at radius 2 is 1.85 bits per heavy atom. The summed E-state index contributed by atoms with van der Waals surface area (Å²) in [5.41, 5.74) is 7.96. The van der Waals surface area contributed by atoms with Crippen LogP contribution in [0.2, 0.25) is 5.02 Å². The zero-order valence-corrected chi connectivity index (χ0v) is 24.5. The number of Topliss-reactive ketones (excluding diaryl/α,β-unsaturated/α-hetero) is 1. The molecule has 2 N–H and O–H groups in total. The van der Waals surface area contributed by atoms with E-state index >= 15 is 0 Å². The molecule has 1 atom stereocenters. The highest BCUT2D eigenvalue weighted by Gasteiger charge is 2.62. The fraction of sp³-hybridized carbons (Fsp3) is 0.276. The molecule has 1 spiro atoms. The number of fused-ring (bicyclic) bond motifs is 3. The molecule has 0 bridgehead atoms. The van der Waals surface area contributed by atoms with E-state index in [1.165, 1.54) is 28.0 Å². The van der Waals surface area contributed by atoms with Gasteiger partial charge in [-0.1, -0.05) is 84.9 Å². The number of nitrogens with two attached hydrogens (primary N) is 1. The molecule has 3 aromatic rings. The highest BCUT2D eigenvalue weighted by molar-refractivity contribution is 8.00. The van der Waals surface area contributed by atoms with E-state index in [0.717, 1.165) is 5.56 Å². The average molecular weight is 589 g/mol. The number of ketones is 1. The molecule has 11 heteroatoms. The molecule has 0 saturated heterocycles. The molecule has 0 fully saturated rings. The van der Waals surface area contributed by atoms with Crippen LogP contribution in [0, 0.1) is 16.7 Å². The molecule has 0 radical (unpaired) electrons. The van der Waals surface area contributed by atoms with E-state index in [9.17, 15) is 14.9 Å². The SMILES string of the molecule is CN1C(=O)C2(C(C#N)=C(N)N(c3nnc(SCc4ccccc4Cl)s3)C3=C2C(=O)CC(C)(C)C3)c2ccccc21. The van der Waals surface area contributed by atoms with Crippen molar-refractivity contribution < 1.29 is 9.59 Å². The monoisotopic (exact) mass is 588 g/mol. The molecule has 1 unspecified atom stereocenters. The maximum atomic E-state index is 14.2. The van der Waals surface area contributed by atoms with Crippen molar-refractivity contribution in [2.75, 3.05) is 16.8 Å². The second-order valence-corrected chi connectivity index (χ2v) is 13.4. The van der Waals surface area contributed by atoms with Crippen LogP contribution in [0.15, 0.2) is 75.5 Å². The Hall–Kier alpha value is -3.65. The number of amides is 1. The van der Waals surface area contributed by atoms with Gasteiger partial charge >= 0.3 is 0 Å². The Morgan fingerprint density at radius 1 is 1.12 bits per heavy atom. The topological polar surface area (TPSA) is 116 Å². The first-order valence-corrected chi connectivity index (χ1v) is 14.8. The first-order chi connectivity index (χ1) is 19.1. The van der Waals surface area contributed by atoms with Crippen LogP contribution in [-0.4, -0.2) is 28.9 Å². The minimum absolute atomic E-state index is 0.0292. The van der Waals surface area contributed by atoms with Gasteiger partial charge in [0.15, 0.2) is 10.1 Å². The van der Waals surface area contributed by atoms with Gasteiger partial charge in [-0.05, 0) is 29.5 Å². The molecular formula is C29H25ClN6O2S2.